The molecular weight excluding hydrogens is 416 g/mol. The Hall–Kier alpha value is -1.66. The first-order chi connectivity index (χ1) is 13.4. The average Bonchev–Trinajstić information content (AvgIpc) is 2.60. The molecule has 9 nitrogen and oxygen atoms in total. The normalized spacial score (nSPS) is 13.5. The van der Waals surface area contributed by atoms with Crippen LogP contribution >= 0.6 is 0 Å². The van der Waals surface area contributed by atoms with Gasteiger partial charge in [-0.1, -0.05) is 27.7 Å². The summed E-state index contributed by atoms with van der Waals surface area (Å²) in [6, 6.07) is 0. The fourth-order valence-electron chi connectivity index (χ4n) is 2.39. The molecule has 0 radical (unpaired) electrons. The van der Waals surface area contributed by atoms with Crippen LogP contribution in [0, 0.1) is 33.7 Å². The van der Waals surface area contributed by atoms with Gasteiger partial charge in [0.2, 0.25) is 12.1 Å². The minimum Gasteiger partial charge on any atom is -0.616 e. The van der Waals surface area contributed by atoms with E-state index in [-0.39, 0.29) is 24.2 Å². The monoisotopic (exact) mass is 446 g/mol. The Bertz CT molecular complexity index is 616. The summed E-state index contributed by atoms with van der Waals surface area (Å²) in [7, 11) is 0. The van der Waals surface area contributed by atoms with Crippen molar-refractivity contribution in [3.8, 4) is 12.4 Å². The molecule has 11 heteroatoms. The summed E-state index contributed by atoms with van der Waals surface area (Å²) in [5.74, 6) is 0.463. The van der Waals surface area contributed by atoms with Gasteiger partial charge in [0.1, 0.15) is 23.0 Å². The van der Waals surface area contributed by atoms with Crippen molar-refractivity contribution in [1.82, 2.24) is 10.8 Å². The van der Waals surface area contributed by atoms with E-state index in [1.165, 1.54) is 6.19 Å². The van der Waals surface area contributed by atoms with Crippen molar-refractivity contribution in [2.75, 3.05) is 23.0 Å². The summed E-state index contributed by atoms with van der Waals surface area (Å²) in [5, 5.41) is 18.8. The molecule has 0 fully saturated rings. The first kappa shape index (κ1) is 27.3. The Labute approximate surface area is 178 Å². The van der Waals surface area contributed by atoms with Crippen LogP contribution in [0.15, 0.2) is 0 Å². The number of rotatable bonds is 14. The second-order valence-corrected chi connectivity index (χ2v) is 11.6. The van der Waals surface area contributed by atoms with Crippen LogP contribution in [0.5, 0.6) is 0 Å². The lowest BCUT2D eigenvalue weighted by molar-refractivity contribution is -0.150. The number of carbonyl (C=O) groups is 2. The predicted molar refractivity (Wildman–Crippen MR) is 110 cm³/mol. The molecule has 0 rings (SSSR count). The van der Waals surface area contributed by atoms with Gasteiger partial charge in [-0.2, -0.15) is 16.0 Å². The molecule has 164 valence electrons. The van der Waals surface area contributed by atoms with Crippen molar-refractivity contribution in [2.45, 2.75) is 53.4 Å². The van der Waals surface area contributed by atoms with Crippen LogP contribution in [-0.4, -0.2) is 44.0 Å². The van der Waals surface area contributed by atoms with Crippen LogP contribution in [0.25, 0.3) is 0 Å². The molecule has 0 aromatic heterocycles. The van der Waals surface area contributed by atoms with E-state index in [4.69, 9.17) is 10.5 Å². The Kier molecular flexibility index (Phi) is 12.8. The SMILES string of the molecule is CC(C)(CC[S+]([O-])CC[S+]([O-])CCC(C)(C)CC(=O)ONC#N)CC(=O)NC#N. The highest BCUT2D eigenvalue weighted by Gasteiger charge is 2.27. The van der Waals surface area contributed by atoms with Gasteiger partial charge in [-0.25, -0.2) is 4.79 Å². The van der Waals surface area contributed by atoms with Crippen molar-refractivity contribution in [1.29, 1.82) is 10.5 Å². The highest BCUT2D eigenvalue weighted by molar-refractivity contribution is 7.95. The van der Waals surface area contributed by atoms with E-state index in [2.05, 4.69) is 10.2 Å². The van der Waals surface area contributed by atoms with Gasteiger partial charge >= 0.3 is 5.97 Å². The largest absolute Gasteiger partial charge is 0.616 e. The van der Waals surface area contributed by atoms with Crippen LogP contribution in [-0.2, 0) is 36.8 Å². The summed E-state index contributed by atoms with van der Waals surface area (Å²) in [4.78, 5) is 27.5. The first-order valence-corrected chi connectivity index (χ1v) is 12.1. The van der Waals surface area contributed by atoms with E-state index >= 15 is 0 Å². The fraction of sp³-hybridized carbons (Fsp3) is 0.778. The minimum absolute atomic E-state index is 0.0826. The van der Waals surface area contributed by atoms with Crippen molar-refractivity contribution >= 4 is 34.2 Å². The van der Waals surface area contributed by atoms with Crippen molar-refractivity contribution in [2.24, 2.45) is 10.8 Å². The van der Waals surface area contributed by atoms with E-state index in [0.29, 0.717) is 35.9 Å². The Morgan fingerprint density at radius 1 is 0.897 bits per heavy atom. The van der Waals surface area contributed by atoms with E-state index in [1.807, 2.05) is 33.2 Å². The molecule has 2 N–H and O–H groups in total. The maximum Gasteiger partial charge on any atom is 0.333 e. The zero-order chi connectivity index (χ0) is 22.5. The molecule has 0 aliphatic rings. The summed E-state index contributed by atoms with van der Waals surface area (Å²) >= 11 is -2.30. The molecule has 0 aliphatic heterocycles. The number of nitriles is 2. The van der Waals surface area contributed by atoms with E-state index in [9.17, 15) is 18.7 Å². The van der Waals surface area contributed by atoms with Gasteiger partial charge in [-0.05, 0) is 46.0 Å². The lowest BCUT2D eigenvalue weighted by Gasteiger charge is -2.25. The second-order valence-electron chi connectivity index (χ2n) is 8.23. The first-order valence-electron chi connectivity index (χ1n) is 9.12. The van der Waals surface area contributed by atoms with Crippen LogP contribution in [0.2, 0.25) is 0 Å². The molecule has 0 spiro atoms. The zero-order valence-electron chi connectivity index (χ0n) is 17.4. The summed E-state index contributed by atoms with van der Waals surface area (Å²) in [5.41, 5.74) is 1.02. The lowest BCUT2D eigenvalue weighted by atomic mass is 9.86. The topological polar surface area (TPSA) is 161 Å². The third-order valence-electron chi connectivity index (χ3n) is 4.22. The average molecular weight is 447 g/mol. The van der Waals surface area contributed by atoms with E-state index in [1.54, 1.807) is 6.19 Å². The highest BCUT2D eigenvalue weighted by atomic mass is 32.2. The molecule has 0 aliphatic carbocycles. The molecule has 29 heavy (non-hydrogen) atoms. The van der Waals surface area contributed by atoms with Crippen molar-refractivity contribution in [3.05, 3.63) is 0 Å². The number of carbonyl (C=O) groups excluding carboxylic acids is 2. The zero-order valence-corrected chi connectivity index (χ0v) is 19.0. The quantitative estimate of drug-likeness (QED) is 0.174. The summed E-state index contributed by atoms with van der Waals surface area (Å²) < 4.78 is 24.4. The third kappa shape index (κ3) is 14.9. The Morgan fingerprint density at radius 2 is 1.38 bits per heavy atom. The minimum atomic E-state index is -1.16. The molecular formula is C18H30N4O5S2. The fourth-order valence-corrected chi connectivity index (χ4v) is 5.85. The molecule has 0 aromatic rings. The van der Waals surface area contributed by atoms with Gasteiger partial charge in [0.15, 0.2) is 6.19 Å². The molecule has 0 bridgehead atoms. The lowest BCUT2D eigenvalue weighted by Crippen LogP contribution is -2.29. The second kappa shape index (κ2) is 13.5. The van der Waals surface area contributed by atoms with Gasteiger partial charge in [-0.3, -0.25) is 10.1 Å². The summed E-state index contributed by atoms with van der Waals surface area (Å²) in [6.07, 6.45) is 4.42. The molecule has 0 saturated carbocycles. The van der Waals surface area contributed by atoms with Crippen molar-refractivity contribution in [3.63, 3.8) is 0 Å². The number of hydroxylamine groups is 1. The van der Waals surface area contributed by atoms with Crippen LogP contribution in [0.4, 0.5) is 0 Å². The van der Waals surface area contributed by atoms with Crippen LogP contribution < -0.4 is 10.8 Å². The number of amides is 1. The van der Waals surface area contributed by atoms with Crippen molar-refractivity contribution < 1.29 is 23.5 Å². The maximum atomic E-state index is 12.2. The molecule has 1 amide bonds. The van der Waals surface area contributed by atoms with E-state index < -0.39 is 33.7 Å². The Balaban J connectivity index is 4.16. The predicted octanol–water partition coefficient (Wildman–Crippen LogP) is 1.22. The van der Waals surface area contributed by atoms with Gasteiger partial charge in [0, 0.05) is 6.42 Å². The summed E-state index contributed by atoms with van der Waals surface area (Å²) in [6.45, 7) is 7.44. The standard InChI is InChI=1S/C18H30N4O5S2/c1-17(2,11-15(23)21-13-19)5-7-28(25)9-10-29(26)8-6-18(3,4)12-16(24)27-22-14-20/h22H,5-12H2,1-4H3,(H,21,23). The molecule has 0 heterocycles. The van der Waals surface area contributed by atoms with Crippen LogP contribution in [0.1, 0.15) is 53.4 Å². The number of hydrogen-bond donors (Lipinski definition) is 2. The van der Waals surface area contributed by atoms with Gasteiger partial charge in [0.05, 0.1) is 6.42 Å². The van der Waals surface area contributed by atoms with Gasteiger partial charge in [0.25, 0.3) is 0 Å². The van der Waals surface area contributed by atoms with Gasteiger partial charge in [-0.15, -0.1) is 0 Å². The van der Waals surface area contributed by atoms with Crippen LogP contribution in [0.3, 0.4) is 0 Å². The third-order valence-corrected chi connectivity index (χ3v) is 7.12. The highest BCUT2D eigenvalue weighted by Crippen LogP contribution is 2.27. The van der Waals surface area contributed by atoms with Gasteiger partial charge < -0.3 is 13.9 Å². The van der Waals surface area contributed by atoms with E-state index in [0.717, 1.165) is 0 Å². The molecule has 2 unspecified atom stereocenters. The number of nitrogens with zero attached hydrogens (tertiary/aromatic N) is 2. The number of hydrogen-bond acceptors (Lipinski definition) is 8. The smallest absolute Gasteiger partial charge is 0.333 e. The maximum absolute atomic E-state index is 12.2. The molecule has 2 atom stereocenters. The molecule has 0 saturated heterocycles. The Morgan fingerprint density at radius 3 is 1.83 bits per heavy atom. The molecule has 0 aromatic carbocycles. The number of nitrogens with one attached hydrogen (secondary N) is 2.